The van der Waals surface area contributed by atoms with E-state index in [9.17, 15) is 4.79 Å². The van der Waals surface area contributed by atoms with E-state index < -0.39 is 0 Å². The second-order valence-corrected chi connectivity index (χ2v) is 5.07. The van der Waals surface area contributed by atoms with Gasteiger partial charge in [0.25, 0.3) is 0 Å². The number of rotatable bonds is 3. The summed E-state index contributed by atoms with van der Waals surface area (Å²) in [5, 5.41) is 11.6. The van der Waals surface area contributed by atoms with Gasteiger partial charge in [-0.05, 0) is 18.1 Å². The molecule has 4 heteroatoms. The fraction of sp³-hybridized carbons (Fsp3) is 0.800. The number of nitrogens with one attached hydrogen (secondary N) is 1. The Balaban J connectivity index is 2.42. The lowest BCUT2D eigenvalue weighted by atomic mass is 10.0. The van der Waals surface area contributed by atoms with E-state index in [0.717, 1.165) is 17.9 Å². The van der Waals surface area contributed by atoms with E-state index in [-0.39, 0.29) is 23.8 Å². The second-order valence-electron chi connectivity index (χ2n) is 3.92. The zero-order valence-electron chi connectivity index (χ0n) is 8.62. The molecule has 1 amide bonds. The van der Waals surface area contributed by atoms with E-state index in [4.69, 9.17) is 5.26 Å². The SMILES string of the molecule is CC(C)C(C#N)NC(=O)C1CCSC1. The van der Waals surface area contributed by atoms with Gasteiger partial charge in [0.15, 0.2) is 0 Å². The fourth-order valence-corrected chi connectivity index (χ4v) is 2.58. The quantitative estimate of drug-likeness (QED) is 0.769. The molecule has 0 aromatic carbocycles. The average molecular weight is 212 g/mol. The van der Waals surface area contributed by atoms with Crippen LogP contribution in [0.1, 0.15) is 20.3 Å². The highest BCUT2D eigenvalue weighted by atomic mass is 32.2. The maximum Gasteiger partial charge on any atom is 0.225 e. The van der Waals surface area contributed by atoms with E-state index >= 15 is 0 Å². The first kappa shape index (κ1) is 11.4. The molecular weight excluding hydrogens is 196 g/mol. The highest BCUT2D eigenvalue weighted by Gasteiger charge is 2.25. The normalized spacial score (nSPS) is 23.1. The van der Waals surface area contributed by atoms with Gasteiger partial charge < -0.3 is 5.32 Å². The third-order valence-corrected chi connectivity index (χ3v) is 3.57. The van der Waals surface area contributed by atoms with E-state index in [1.165, 1.54) is 0 Å². The van der Waals surface area contributed by atoms with Gasteiger partial charge in [0, 0.05) is 11.7 Å². The van der Waals surface area contributed by atoms with Crippen LogP contribution in [0.15, 0.2) is 0 Å². The van der Waals surface area contributed by atoms with Gasteiger partial charge in [0.1, 0.15) is 6.04 Å². The maximum atomic E-state index is 11.6. The zero-order chi connectivity index (χ0) is 10.6. The van der Waals surface area contributed by atoms with E-state index in [2.05, 4.69) is 11.4 Å². The van der Waals surface area contributed by atoms with Crippen LogP contribution in [0.3, 0.4) is 0 Å². The Hall–Kier alpha value is -0.690. The summed E-state index contributed by atoms with van der Waals surface area (Å²) in [5.74, 6) is 2.32. The molecule has 0 bridgehead atoms. The molecule has 0 saturated carbocycles. The Morgan fingerprint density at radius 1 is 1.64 bits per heavy atom. The molecule has 1 rings (SSSR count). The monoisotopic (exact) mass is 212 g/mol. The summed E-state index contributed by atoms with van der Waals surface area (Å²) in [5.41, 5.74) is 0. The van der Waals surface area contributed by atoms with E-state index in [1.807, 2.05) is 25.6 Å². The predicted octanol–water partition coefficient (Wildman–Crippen LogP) is 1.40. The minimum atomic E-state index is -0.340. The van der Waals surface area contributed by atoms with Crippen LogP contribution >= 0.6 is 11.8 Å². The van der Waals surface area contributed by atoms with Crippen molar-refractivity contribution >= 4 is 17.7 Å². The second kappa shape index (κ2) is 5.26. The van der Waals surface area contributed by atoms with Gasteiger partial charge in [-0.1, -0.05) is 13.8 Å². The summed E-state index contributed by atoms with van der Waals surface area (Å²) in [6.45, 7) is 3.88. The molecule has 0 aliphatic carbocycles. The van der Waals surface area contributed by atoms with Crippen LogP contribution in [-0.2, 0) is 4.79 Å². The minimum absolute atomic E-state index is 0.0512. The lowest BCUT2D eigenvalue weighted by molar-refractivity contribution is -0.124. The first-order valence-electron chi connectivity index (χ1n) is 4.93. The summed E-state index contributed by atoms with van der Waals surface area (Å²) in [4.78, 5) is 11.6. The van der Waals surface area contributed by atoms with Crippen molar-refractivity contribution in [2.75, 3.05) is 11.5 Å². The first-order chi connectivity index (χ1) is 6.65. The van der Waals surface area contributed by atoms with Crippen LogP contribution < -0.4 is 5.32 Å². The number of amides is 1. The van der Waals surface area contributed by atoms with Gasteiger partial charge in [-0.3, -0.25) is 4.79 Å². The third-order valence-electron chi connectivity index (χ3n) is 2.40. The smallest absolute Gasteiger partial charge is 0.225 e. The van der Waals surface area contributed by atoms with Crippen molar-refractivity contribution in [2.45, 2.75) is 26.3 Å². The summed E-state index contributed by atoms with van der Waals surface area (Å²) < 4.78 is 0. The van der Waals surface area contributed by atoms with E-state index in [0.29, 0.717) is 0 Å². The molecule has 1 heterocycles. The van der Waals surface area contributed by atoms with Crippen LogP contribution in [0, 0.1) is 23.2 Å². The number of hydrogen-bond acceptors (Lipinski definition) is 3. The molecule has 2 atom stereocenters. The number of carbonyl (C=O) groups excluding carboxylic acids is 1. The molecule has 14 heavy (non-hydrogen) atoms. The molecule has 0 aromatic rings. The van der Waals surface area contributed by atoms with Crippen LogP contribution in [0.4, 0.5) is 0 Å². The van der Waals surface area contributed by atoms with Gasteiger partial charge in [0.2, 0.25) is 5.91 Å². The van der Waals surface area contributed by atoms with Gasteiger partial charge in [-0.2, -0.15) is 17.0 Å². The first-order valence-corrected chi connectivity index (χ1v) is 6.08. The summed E-state index contributed by atoms with van der Waals surface area (Å²) in [6, 6.07) is 1.78. The van der Waals surface area contributed by atoms with Crippen molar-refractivity contribution < 1.29 is 4.79 Å². The van der Waals surface area contributed by atoms with Crippen molar-refractivity contribution in [2.24, 2.45) is 11.8 Å². The van der Waals surface area contributed by atoms with Crippen LogP contribution in [0.5, 0.6) is 0 Å². The van der Waals surface area contributed by atoms with Crippen molar-refractivity contribution in [1.29, 1.82) is 5.26 Å². The summed E-state index contributed by atoms with van der Waals surface area (Å²) in [6.07, 6.45) is 0.951. The highest BCUT2D eigenvalue weighted by Crippen LogP contribution is 2.23. The number of nitriles is 1. The molecule has 0 aromatic heterocycles. The molecule has 2 unspecified atom stereocenters. The molecule has 0 spiro atoms. The molecule has 78 valence electrons. The lowest BCUT2D eigenvalue weighted by Crippen LogP contribution is -2.41. The minimum Gasteiger partial charge on any atom is -0.340 e. The molecule has 1 aliphatic heterocycles. The highest BCUT2D eigenvalue weighted by molar-refractivity contribution is 7.99. The topological polar surface area (TPSA) is 52.9 Å². The predicted molar refractivity (Wildman–Crippen MR) is 57.8 cm³/mol. The van der Waals surface area contributed by atoms with Gasteiger partial charge >= 0.3 is 0 Å². The summed E-state index contributed by atoms with van der Waals surface area (Å²) >= 11 is 1.81. The van der Waals surface area contributed by atoms with Crippen LogP contribution in [0.2, 0.25) is 0 Å². The molecule has 1 N–H and O–H groups in total. The fourth-order valence-electron chi connectivity index (χ4n) is 1.36. The zero-order valence-corrected chi connectivity index (χ0v) is 9.43. The Kier molecular flexibility index (Phi) is 4.27. The Bertz CT molecular complexity index is 241. The number of carbonyl (C=O) groups is 1. The Morgan fingerprint density at radius 2 is 2.36 bits per heavy atom. The van der Waals surface area contributed by atoms with Crippen molar-refractivity contribution in [3.05, 3.63) is 0 Å². The van der Waals surface area contributed by atoms with Gasteiger partial charge in [0.05, 0.1) is 6.07 Å². The largest absolute Gasteiger partial charge is 0.340 e. The van der Waals surface area contributed by atoms with Crippen LogP contribution in [0.25, 0.3) is 0 Å². The number of nitrogens with zero attached hydrogens (tertiary/aromatic N) is 1. The molecule has 3 nitrogen and oxygen atoms in total. The van der Waals surface area contributed by atoms with Crippen molar-refractivity contribution in [3.8, 4) is 6.07 Å². The molecule has 1 aliphatic rings. The van der Waals surface area contributed by atoms with Gasteiger partial charge in [-0.15, -0.1) is 0 Å². The van der Waals surface area contributed by atoms with Crippen molar-refractivity contribution in [1.82, 2.24) is 5.32 Å². The number of hydrogen-bond donors (Lipinski definition) is 1. The van der Waals surface area contributed by atoms with Gasteiger partial charge in [-0.25, -0.2) is 0 Å². The Labute approximate surface area is 89.2 Å². The number of thioether (sulfide) groups is 1. The molecule has 1 fully saturated rings. The third kappa shape index (κ3) is 2.91. The Morgan fingerprint density at radius 3 is 2.79 bits per heavy atom. The lowest BCUT2D eigenvalue weighted by Gasteiger charge is -2.17. The maximum absolute atomic E-state index is 11.6. The molecular formula is C10H16N2OS. The van der Waals surface area contributed by atoms with Crippen LogP contribution in [-0.4, -0.2) is 23.5 Å². The summed E-state index contributed by atoms with van der Waals surface area (Å²) in [7, 11) is 0. The van der Waals surface area contributed by atoms with E-state index in [1.54, 1.807) is 0 Å². The average Bonchev–Trinajstić information content (AvgIpc) is 2.65. The molecule has 0 radical (unpaired) electrons. The van der Waals surface area contributed by atoms with Crippen molar-refractivity contribution in [3.63, 3.8) is 0 Å². The molecule has 1 saturated heterocycles. The standard InChI is InChI=1S/C10H16N2OS/c1-7(2)9(5-11)12-10(13)8-3-4-14-6-8/h7-9H,3-4,6H2,1-2H3,(H,12,13).